The first kappa shape index (κ1) is 18.1. The molecule has 0 aliphatic heterocycles. The van der Waals surface area contributed by atoms with Crippen LogP contribution in [-0.2, 0) is 0 Å². The van der Waals surface area contributed by atoms with E-state index in [9.17, 15) is 0 Å². The number of rotatable bonds is 3. The van der Waals surface area contributed by atoms with E-state index in [1.54, 1.807) is 0 Å². The van der Waals surface area contributed by atoms with Gasteiger partial charge in [-0.2, -0.15) is 0 Å². The Labute approximate surface area is 186 Å². The molecule has 0 nitrogen and oxygen atoms in total. The van der Waals surface area contributed by atoms with Crippen molar-refractivity contribution in [2.24, 2.45) is 0 Å². The second-order valence-electron chi connectivity index (χ2n) is 7.75. The maximum absolute atomic E-state index is 2.38. The molecule has 0 aliphatic carbocycles. The van der Waals surface area contributed by atoms with Gasteiger partial charge in [-0.1, -0.05) is 115 Å². The molecule has 6 aromatic rings. The Hall–Kier alpha value is -3.68. The van der Waals surface area contributed by atoms with E-state index in [-0.39, 0.29) is 0 Å². The lowest BCUT2D eigenvalue weighted by Crippen LogP contribution is -1.85. The van der Waals surface area contributed by atoms with Crippen LogP contribution < -0.4 is 0 Å². The van der Waals surface area contributed by atoms with Gasteiger partial charge in [0.15, 0.2) is 0 Å². The van der Waals surface area contributed by atoms with Crippen molar-refractivity contribution in [2.45, 2.75) is 0 Å². The van der Waals surface area contributed by atoms with Gasteiger partial charge in [-0.25, -0.2) is 0 Å². The first-order valence-electron chi connectivity index (χ1n) is 10.5. The van der Waals surface area contributed by atoms with Crippen molar-refractivity contribution in [1.82, 2.24) is 0 Å². The zero-order valence-electron chi connectivity index (χ0n) is 17.0. The number of thiophene rings is 1. The molecule has 0 N–H and O–H groups in total. The highest BCUT2D eigenvalue weighted by Gasteiger charge is 2.20. The second kappa shape index (κ2) is 7.54. The number of hydrogen-bond donors (Lipinski definition) is 0. The molecule has 31 heavy (non-hydrogen) atoms. The molecule has 0 saturated heterocycles. The molecule has 1 aromatic heterocycles. The number of fused-ring (bicyclic) bond motifs is 2. The molecule has 0 unspecified atom stereocenters. The van der Waals surface area contributed by atoms with Gasteiger partial charge < -0.3 is 0 Å². The zero-order chi connectivity index (χ0) is 20.6. The Morgan fingerprint density at radius 1 is 0.419 bits per heavy atom. The SMILES string of the molecule is c1ccc(-c2sc(-c3ccccc3)c3c(-c4ccccc4)c4ccccc4cc23)cc1. The molecular formula is C30H20S. The maximum atomic E-state index is 2.38. The zero-order valence-corrected chi connectivity index (χ0v) is 17.8. The summed E-state index contributed by atoms with van der Waals surface area (Å²) in [6, 6.07) is 43.6. The molecule has 0 spiro atoms. The molecular weight excluding hydrogens is 392 g/mol. The monoisotopic (exact) mass is 412 g/mol. The van der Waals surface area contributed by atoms with Crippen molar-refractivity contribution in [3.63, 3.8) is 0 Å². The normalized spacial score (nSPS) is 11.2. The molecule has 0 fully saturated rings. The standard InChI is InChI=1S/C30H20S/c1-4-12-21(13-5-1)27-25-19-11-10-18-24(25)20-26-28(27)30(23-16-8-3-9-17-23)31-29(26)22-14-6-2-7-15-22/h1-20H. The summed E-state index contributed by atoms with van der Waals surface area (Å²) in [6.07, 6.45) is 0. The Morgan fingerprint density at radius 2 is 0.935 bits per heavy atom. The van der Waals surface area contributed by atoms with Crippen LogP contribution in [0.1, 0.15) is 0 Å². The fourth-order valence-electron chi connectivity index (χ4n) is 4.47. The molecule has 146 valence electrons. The van der Waals surface area contributed by atoms with Crippen LogP contribution in [0.4, 0.5) is 0 Å². The van der Waals surface area contributed by atoms with Gasteiger partial charge in [0.05, 0.1) is 0 Å². The summed E-state index contributed by atoms with van der Waals surface area (Å²) in [6.45, 7) is 0. The van der Waals surface area contributed by atoms with E-state index in [1.165, 1.54) is 53.6 Å². The molecule has 1 heterocycles. The van der Waals surface area contributed by atoms with Crippen LogP contribution >= 0.6 is 11.3 Å². The predicted molar refractivity (Wildman–Crippen MR) is 136 cm³/mol. The number of benzene rings is 5. The van der Waals surface area contributed by atoms with E-state index in [4.69, 9.17) is 0 Å². The number of hydrogen-bond acceptors (Lipinski definition) is 1. The summed E-state index contributed by atoms with van der Waals surface area (Å²) >= 11 is 1.90. The summed E-state index contributed by atoms with van der Waals surface area (Å²) in [4.78, 5) is 2.66. The Bertz CT molecular complexity index is 1490. The lowest BCUT2D eigenvalue weighted by atomic mass is 9.90. The third-order valence-corrected chi connectivity index (χ3v) is 7.16. The lowest BCUT2D eigenvalue weighted by molar-refractivity contribution is 1.67. The molecule has 5 aromatic carbocycles. The molecule has 0 atom stereocenters. The highest BCUT2D eigenvalue weighted by atomic mass is 32.1. The van der Waals surface area contributed by atoms with Crippen LogP contribution in [-0.4, -0.2) is 0 Å². The minimum Gasteiger partial charge on any atom is -0.134 e. The van der Waals surface area contributed by atoms with Gasteiger partial charge in [0, 0.05) is 20.5 Å². The quantitative estimate of drug-likeness (QED) is 0.272. The highest BCUT2D eigenvalue weighted by molar-refractivity contribution is 7.21. The van der Waals surface area contributed by atoms with Crippen LogP contribution in [0.2, 0.25) is 0 Å². The topological polar surface area (TPSA) is 0 Å². The average molecular weight is 413 g/mol. The molecule has 0 aliphatic rings. The van der Waals surface area contributed by atoms with E-state index >= 15 is 0 Å². The van der Waals surface area contributed by atoms with Crippen LogP contribution in [0.3, 0.4) is 0 Å². The van der Waals surface area contributed by atoms with Crippen molar-refractivity contribution in [1.29, 1.82) is 0 Å². The van der Waals surface area contributed by atoms with Crippen molar-refractivity contribution >= 4 is 32.9 Å². The molecule has 0 saturated carbocycles. The maximum Gasteiger partial charge on any atom is 0.0434 e. The van der Waals surface area contributed by atoms with Gasteiger partial charge in [-0.05, 0) is 39.1 Å². The Kier molecular flexibility index (Phi) is 4.40. The minimum atomic E-state index is 1.26. The fraction of sp³-hybridized carbons (Fsp3) is 0. The van der Waals surface area contributed by atoms with Crippen molar-refractivity contribution < 1.29 is 0 Å². The third-order valence-electron chi connectivity index (χ3n) is 5.86. The van der Waals surface area contributed by atoms with Gasteiger partial charge in [0.2, 0.25) is 0 Å². The Balaban J connectivity index is 1.83. The van der Waals surface area contributed by atoms with Crippen LogP contribution in [0.5, 0.6) is 0 Å². The first-order chi connectivity index (χ1) is 15.4. The van der Waals surface area contributed by atoms with E-state index in [1.807, 2.05) is 11.3 Å². The van der Waals surface area contributed by atoms with Crippen LogP contribution in [0, 0.1) is 0 Å². The van der Waals surface area contributed by atoms with Crippen LogP contribution in [0.25, 0.3) is 53.6 Å². The van der Waals surface area contributed by atoms with Gasteiger partial charge >= 0.3 is 0 Å². The summed E-state index contributed by atoms with van der Waals surface area (Å²) in [5.41, 5.74) is 5.13. The summed E-state index contributed by atoms with van der Waals surface area (Å²) in [5.74, 6) is 0. The van der Waals surface area contributed by atoms with E-state index < -0.39 is 0 Å². The fourth-order valence-corrected chi connectivity index (χ4v) is 5.77. The van der Waals surface area contributed by atoms with Gasteiger partial charge in [0.1, 0.15) is 0 Å². The molecule has 0 radical (unpaired) electrons. The molecule has 0 bridgehead atoms. The van der Waals surface area contributed by atoms with Gasteiger partial charge in [-0.15, -0.1) is 11.3 Å². The molecule has 6 rings (SSSR count). The van der Waals surface area contributed by atoms with Gasteiger partial charge in [-0.3, -0.25) is 0 Å². The van der Waals surface area contributed by atoms with E-state index in [0.29, 0.717) is 0 Å². The summed E-state index contributed by atoms with van der Waals surface area (Å²) in [5, 5.41) is 5.26. The van der Waals surface area contributed by atoms with Crippen molar-refractivity contribution in [3.8, 4) is 32.0 Å². The first-order valence-corrected chi connectivity index (χ1v) is 11.4. The smallest absolute Gasteiger partial charge is 0.0434 e. The predicted octanol–water partition coefficient (Wildman–Crippen LogP) is 9.06. The van der Waals surface area contributed by atoms with Crippen molar-refractivity contribution in [3.05, 3.63) is 121 Å². The van der Waals surface area contributed by atoms with Gasteiger partial charge in [0.25, 0.3) is 0 Å². The lowest BCUT2D eigenvalue weighted by Gasteiger charge is -2.12. The van der Waals surface area contributed by atoms with E-state index in [0.717, 1.165) is 0 Å². The van der Waals surface area contributed by atoms with Crippen molar-refractivity contribution in [2.75, 3.05) is 0 Å². The molecule has 0 amide bonds. The Morgan fingerprint density at radius 3 is 1.58 bits per heavy atom. The largest absolute Gasteiger partial charge is 0.134 e. The molecule has 1 heteroatoms. The second-order valence-corrected chi connectivity index (χ2v) is 8.77. The van der Waals surface area contributed by atoms with Crippen LogP contribution in [0.15, 0.2) is 121 Å². The van der Waals surface area contributed by atoms with E-state index in [2.05, 4.69) is 121 Å². The highest BCUT2D eigenvalue weighted by Crippen LogP contribution is 2.50. The minimum absolute atomic E-state index is 1.26. The summed E-state index contributed by atoms with van der Waals surface area (Å²) in [7, 11) is 0. The average Bonchev–Trinajstić information content (AvgIpc) is 3.23. The third kappa shape index (κ3) is 3.06. The summed E-state index contributed by atoms with van der Waals surface area (Å²) < 4.78 is 0.